The van der Waals surface area contributed by atoms with Gasteiger partial charge >= 0.3 is 11.9 Å². The predicted octanol–water partition coefficient (Wildman–Crippen LogP) is 2.11. The van der Waals surface area contributed by atoms with Gasteiger partial charge in [0.15, 0.2) is 0 Å². The third-order valence-corrected chi connectivity index (χ3v) is 11.6. The maximum Gasteiger partial charge on any atom is 0.326 e. The lowest BCUT2D eigenvalue weighted by Gasteiger charge is -2.19. The fourth-order valence-corrected chi connectivity index (χ4v) is 7.29. The second-order valence-corrected chi connectivity index (χ2v) is 17.9. The number of carbonyl (C=O) groups excluding carboxylic acids is 7. The first-order chi connectivity index (χ1) is 35.2. The van der Waals surface area contributed by atoms with E-state index in [1.54, 1.807) is 14.0 Å². The molecule has 0 radical (unpaired) electrons. The quantitative estimate of drug-likeness (QED) is 0.0390. The van der Waals surface area contributed by atoms with Gasteiger partial charge in [0, 0.05) is 51.9 Å². The number of likely N-dealkylation sites (N-methyl/N-ethyl adjacent to an activating group) is 1. The molecule has 11 N–H and O–H groups in total. The second kappa shape index (κ2) is 48.0. The molecule has 0 aliphatic carbocycles. The van der Waals surface area contributed by atoms with Gasteiger partial charge in [0.1, 0.15) is 25.3 Å². The molecule has 0 aliphatic heterocycles. The molecule has 73 heavy (non-hydrogen) atoms. The minimum atomic E-state index is -1.25. The Morgan fingerprint density at radius 3 is 1.36 bits per heavy atom. The van der Waals surface area contributed by atoms with Crippen molar-refractivity contribution in [3.8, 4) is 0 Å². The minimum absolute atomic E-state index is 0.0334. The lowest BCUT2D eigenvalue weighted by Crippen LogP contribution is -2.50. The molecule has 0 spiro atoms. The lowest BCUT2D eigenvalue weighted by atomic mass is 10.0. The number of aliphatic carboxylic acids is 2. The predicted molar refractivity (Wildman–Crippen MR) is 273 cm³/mol. The van der Waals surface area contributed by atoms with Gasteiger partial charge in [-0.15, -0.1) is 0 Å². The number of carboxylic acid groups (broad SMARTS) is 2. The highest BCUT2D eigenvalue weighted by molar-refractivity contribution is 5.89. The van der Waals surface area contributed by atoms with Crippen molar-refractivity contribution in [1.82, 2.24) is 37.2 Å². The van der Waals surface area contributed by atoms with Gasteiger partial charge in [0.05, 0.1) is 45.7 Å². The summed E-state index contributed by atoms with van der Waals surface area (Å²) in [7, 11) is 1.66. The minimum Gasteiger partial charge on any atom is -0.481 e. The second-order valence-electron chi connectivity index (χ2n) is 17.9. The van der Waals surface area contributed by atoms with Gasteiger partial charge in [-0.25, -0.2) is 4.79 Å². The normalized spacial score (nSPS) is 12.2. The van der Waals surface area contributed by atoms with Crippen LogP contribution in [0, 0.1) is 0 Å². The number of primary amides is 1. The molecule has 2 unspecified atom stereocenters. The molecule has 0 aromatic rings. The molecule has 0 aliphatic rings. The van der Waals surface area contributed by atoms with Crippen LogP contribution in [0.4, 0.5) is 0 Å². The molecule has 23 heteroatoms. The van der Waals surface area contributed by atoms with E-state index in [0.29, 0.717) is 51.6 Å². The molecule has 422 valence electrons. The zero-order valence-electron chi connectivity index (χ0n) is 44.0. The van der Waals surface area contributed by atoms with E-state index in [1.165, 1.54) is 44.9 Å². The molecular formula is C50H92N8O15. The van der Waals surface area contributed by atoms with Crippen molar-refractivity contribution in [1.29, 1.82) is 0 Å². The van der Waals surface area contributed by atoms with Gasteiger partial charge in [-0.2, -0.15) is 0 Å². The summed E-state index contributed by atoms with van der Waals surface area (Å²) in [6, 6.07) is -2.43. The van der Waals surface area contributed by atoms with Crippen LogP contribution < -0.4 is 43.0 Å². The Morgan fingerprint density at radius 2 is 0.863 bits per heavy atom. The molecule has 0 saturated carbocycles. The number of nitrogens with one attached hydrogen (secondary N) is 7. The Balaban J connectivity index is 3.74. The van der Waals surface area contributed by atoms with E-state index >= 15 is 0 Å². The number of nitrogens with two attached hydrogens (primary N) is 1. The van der Waals surface area contributed by atoms with Crippen LogP contribution in [0.3, 0.4) is 0 Å². The summed E-state index contributed by atoms with van der Waals surface area (Å²) in [5.41, 5.74) is 5.29. The number of rotatable bonds is 52. The van der Waals surface area contributed by atoms with Crippen LogP contribution in [0.5, 0.6) is 0 Å². The van der Waals surface area contributed by atoms with Crippen molar-refractivity contribution in [2.24, 2.45) is 5.73 Å². The summed E-state index contributed by atoms with van der Waals surface area (Å²) in [6.07, 6.45) is 18.6. The standard InChI is InChI=1S/C50H92N8O15/c1-3-39(48(51)66)58-49(67)40(52-2)21-18-19-27-54-45(62)37-72-35-34-71-32-30-56-46(63)38-73-36-33-70-31-29-55-43(60)26-25-41(50(68)69)57-44(61)23-20-28-53-42(59)22-16-14-12-10-8-6-4-5-7-9-11-13-15-17-24-47(64)65/h39-41,52H,3-38H2,1-2H3,(H2,51,66)(H,53,59)(H,54,62)(H,55,60)(H,56,63)(H,57,61)(H,58,67)(H,64,65)(H,68,69)/t39-,40?,41?/m0/s1. The highest BCUT2D eigenvalue weighted by atomic mass is 16.5. The largest absolute Gasteiger partial charge is 0.481 e. The molecule has 23 nitrogen and oxygen atoms in total. The molecule has 0 heterocycles. The third kappa shape index (κ3) is 44.3. The summed E-state index contributed by atoms with van der Waals surface area (Å²) in [4.78, 5) is 107. The summed E-state index contributed by atoms with van der Waals surface area (Å²) in [5.74, 6) is -4.43. The molecule has 3 atom stereocenters. The van der Waals surface area contributed by atoms with Gasteiger partial charge in [0.2, 0.25) is 41.4 Å². The topological polar surface area (TPSA) is 341 Å². The van der Waals surface area contributed by atoms with E-state index in [0.717, 1.165) is 44.9 Å². The van der Waals surface area contributed by atoms with E-state index in [4.69, 9.17) is 29.8 Å². The first-order valence-electron chi connectivity index (χ1n) is 26.6. The Bertz CT molecular complexity index is 1540. The SMILES string of the molecule is CC[C@H](NC(=O)C(CCCCNC(=O)COCCOCCNC(=O)COCCOCCNC(=O)CCC(NC(=O)CCCNC(=O)CCCCCCCCCCCCCCCCC(=O)O)C(=O)O)NC)C(N)=O. The Kier molecular flexibility index (Phi) is 44.7. The van der Waals surface area contributed by atoms with Crippen molar-refractivity contribution in [2.75, 3.05) is 86.1 Å². The molecular weight excluding hydrogens is 953 g/mol. The molecule has 0 rings (SSSR count). The molecule has 0 aromatic heterocycles. The summed E-state index contributed by atoms with van der Waals surface area (Å²) in [5, 5.41) is 37.0. The van der Waals surface area contributed by atoms with Gasteiger partial charge in [-0.3, -0.25) is 38.4 Å². The number of amides is 7. The van der Waals surface area contributed by atoms with E-state index in [2.05, 4.69) is 37.2 Å². The van der Waals surface area contributed by atoms with Gasteiger partial charge in [-0.1, -0.05) is 84.0 Å². The fraction of sp³-hybridized carbons (Fsp3) is 0.820. The van der Waals surface area contributed by atoms with Crippen molar-refractivity contribution in [2.45, 2.75) is 179 Å². The Labute approximate surface area is 432 Å². The third-order valence-electron chi connectivity index (χ3n) is 11.6. The highest BCUT2D eigenvalue weighted by Gasteiger charge is 2.23. The number of carboxylic acids is 2. The van der Waals surface area contributed by atoms with Crippen LogP contribution in [0.15, 0.2) is 0 Å². The molecule has 0 fully saturated rings. The molecule has 0 aromatic carbocycles. The van der Waals surface area contributed by atoms with E-state index in [1.807, 2.05) is 0 Å². The zero-order chi connectivity index (χ0) is 54.2. The summed E-state index contributed by atoms with van der Waals surface area (Å²) < 4.78 is 21.4. The van der Waals surface area contributed by atoms with Gasteiger partial charge in [-0.05, 0) is 58.4 Å². The van der Waals surface area contributed by atoms with Gasteiger partial charge < -0.3 is 72.1 Å². The lowest BCUT2D eigenvalue weighted by molar-refractivity contribution is -0.142. The highest BCUT2D eigenvalue weighted by Crippen LogP contribution is 2.14. The number of unbranched alkanes of at least 4 members (excludes halogenated alkanes) is 14. The van der Waals surface area contributed by atoms with E-state index in [-0.39, 0.29) is 115 Å². The van der Waals surface area contributed by atoms with Gasteiger partial charge in [0.25, 0.3) is 0 Å². The average molecular weight is 1050 g/mol. The van der Waals surface area contributed by atoms with Crippen LogP contribution in [0.2, 0.25) is 0 Å². The number of ether oxygens (including phenoxy) is 4. The smallest absolute Gasteiger partial charge is 0.326 e. The fourth-order valence-electron chi connectivity index (χ4n) is 7.29. The van der Waals surface area contributed by atoms with Crippen molar-refractivity contribution >= 4 is 53.3 Å². The van der Waals surface area contributed by atoms with Crippen LogP contribution in [-0.4, -0.2) is 168 Å². The van der Waals surface area contributed by atoms with E-state index < -0.39 is 47.8 Å². The van der Waals surface area contributed by atoms with Crippen LogP contribution in [0.1, 0.15) is 161 Å². The molecule has 0 bridgehead atoms. The zero-order valence-corrected chi connectivity index (χ0v) is 44.0. The number of hydrogen-bond donors (Lipinski definition) is 10. The van der Waals surface area contributed by atoms with Crippen molar-refractivity contribution < 1.29 is 72.3 Å². The number of hydrogen-bond acceptors (Lipinski definition) is 14. The van der Waals surface area contributed by atoms with Crippen molar-refractivity contribution in [3.63, 3.8) is 0 Å². The van der Waals surface area contributed by atoms with Crippen molar-refractivity contribution in [3.05, 3.63) is 0 Å². The summed E-state index contributed by atoms with van der Waals surface area (Å²) >= 11 is 0. The van der Waals surface area contributed by atoms with Crippen LogP contribution in [-0.2, 0) is 62.1 Å². The van der Waals surface area contributed by atoms with E-state index in [9.17, 15) is 48.3 Å². The number of carbonyl (C=O) groups is 9. The summed E-state index contributed by atoms with van der Waals surface area (Å²) in [6.45, 7) is 3.66. The Hall–Kier alpha value is -4.97. The van der Waals surface area contributed by atoms with Crippen LogP contribution in [0.25, 0.3) is 0 Å². The molecule has 7 amide bonds. The maximum atomic E-state index is 12.4. The molecule has 0 saturated heterocycles. The monoisotopic (exact) mass is 1040 g/mol. The Morgan fingerprint density at radius 1 is 0.425 bits per heavy atom. The first-order valence-corrected chi connectivity index (χ1v) is 26.6. The average Bonchev–Trinajstić information content (AvgIpc) is 3.35. The first kappa shape index (κ1) is 68.0. The maximum absolute atomic E-state index is 12.4. The van der Waals surface area contributed by atoms with Crippen LogP contribution >= 0.6 is 0 Å².